The highest BCUT2D eigenvalue weighted by atomic mass is 16.5. The molecule has 1 aromatic rings. The predicted octanol–water partition coefficient (Wildman–Crippen LogP) is 4.83. The van der Waals surface area contributed by atoms with Crippen molar-refractivity contribution in [3.8, 4) is 0 Å². The van der Waals surface area contributed by atoms with Crippen molar-refractivity contribution < 1.29 is 19.1 Å². The van der Waals surface area contributed by atoms with Crippen molar-refractivity contribution in [2.24, 2.45) is 5.92 Å². The van der Waals surface area contributed by atoms with Gasteiger partial charge in [-0.3, -0.25) is 9.59 Å². The third-order valence-corrected chi connectivity index (χ3v) is 3.77. The maximum Gasteiger partial charge on any atom is 0.306 e. The van der Waals surface area contributed by atoms with Gasteiger partial charge in [-0.05, 0) is 37.2 Å². The molecule has 0 fully saturated rings. The standard InChI is InChI=1S/C20H30O4/c1-4-18(17-11-6-5-7-12-17)24-20(22)14-8-13-19(21)23-15-9-10-16(2)3/h5-7,11-12,16,18H,4,8-10,13-15H2,1-3H3. The summed E-state index contributed by atoms with van der Waals surface area (Å²) < 4.78 is 10.7. The average Bonchev–Trinajstić information content (AvgIpc) is 2.57. The molecule has 24 heavy (non-hydrogen) atoms. The largest absolute Gasteiger partial charge is 0.466 e. The lowest BCUT2D eigenvalue weighted by molar-refractivity contribution is -0.150. The van der Waals surface area contributed by atoms with E-state index in [1.807, 2.05) is 37.3 Å². The molecule has 0 aliphatic carbocycles. The third kappa shape index (κ3) is 8.70. The first-order valence-electron chi connectivity index (χ1n) is 8.93. The quantitative estimate of drug-likeness (QED) is 0.429. The molecule has 1 aromatic carbocycles. The molecule has 1 atom stereocenters. The lowest BCUT2D eigenvalue weighted by Crippen LogP contribution is -2.12. The minimum Gasteiger partial charge on any atom is -0.466 e. The topological polar surface area (TPSA) is 52.6 Å². The van der Waals surface area contributed by atoms with Gasteiger partial charge in [-0.1, -0.05) is 51.1 Å². The van der Waals surface area contributed by atoms with Crippen LogP contribution in [0.3, 0.4) is 0 Å². The van der Waals surface area contributed by atoms with Crippen LogP contribution in [0, 0.1) is 5.92 Å². The zero-order valence-corrected chi connectivity index (χ0v) is 15.1. The maximum absolute atomic E-state index is 11.9. The van der Waals surface area contributed by atoms with Crippen molar-refractivity contribution in [2.75, 3.05) is 6.61 Å². The summed E-state index contributed by atoms with van der Waals surface area (Å²) in [4.78, 5) is 23.5. The summed E-state index contributed by atoms with van der Waals surface area (Å²) in [7, 11) is 0. The van der Waals surface area contributed by atoms with Gasteiger partial charge < -0.3 is 9.47 Å². The van der Waals surface area contributed by atoms with E-state index in [0.29, 0.717) is 18.9 Å². The third-order valence-electron chi connectivity index (χ3n) is 3.77. The predicted molar refractivity (Wildman–Crippen MR) is 94.4 cm³/mol. The highest BCUT2D eigenvalue weighted by molar-refractivity contribution is 5.72. The molecule has 0 spiro atoms. The van der Waals surface area contributed by atoms with Crippen molar-refractivity contribution in [3.63, 3.8) is 0 Å². The molecule has 0 aromatic heterocycles. The van der Waals surface area contributed by atoms with E-state index < -0.39 is 0 Å². The van der Waals surface area contributed by atoms with Crippen LogP contribution in [-0.4, -0.2) is 18.5 Å². The second-order valence-electron chi connectivity index (χ2n) is 6.41. The monoisotopic (exact) mass is 334 g/mol. The molecule has 0 aliphatic heterocycles. The summed E-state index contributed by atoms with van der Waals surface area (Å²) in [6.07, 6.45) is 3.42. The fourth-order valence-corrected chi connectivity index (χ4v) is 2.40. The van der Waals surface area contributed by atoms with Gasteiger partial charge in [0.15, 0.2) is 0 Å². The van der Waals surface area contributed by atoms with E-state index in [2.05, 4.69) is 13.8 Å². The molecule has 0 saturated carbocycles. The number of ether oxygens (including phenoxy) is 2. The van der Waals surface area contributed by atoms with Crippen LogP contribution in [0.25, 0.3) is 0 Å². The van der Waals surface area contributed by atoms with Crippen LogP contribution in [-0.2, 0) is 19.1 Å². The minimum atomic E-state index is -0.265. The van der Waals surface area contributed by atoms with Crippen LogP contribution < -0.4 is 0 Å². The summed E-state index contributed by atoms with van der Waals surface area (Å²) in [6.45, 7) is 6.74. The van der Waals surface area contributed by atoms with Crippen LogP contribution >= 0.6 is 0 Å². The van der Waals surface area contributed by atoms with Crippen molar-refractivity contribution in [2.45, 2.75) is 65.4 Å². The van der Waals surface area contributed by atoms with Crippen LogP contribution in [0.5, 0.6) is 0 Å². The van der Waals surface area contributed by atoms with Crippen LogP contribution in [0.15, 0.2) is 30.3 Å². The lowest BCUT2D eigenvalue weighted by Gasteiger charge is -2.16. The smallest absolute Gasteiger partial charge is 0.306 e. The van der Waals surface area contributed by atoms with Gasteiger partial charge in [0.2, 0.25) is 0 Å². The average molecular weight is 334 g/mol. The summed E-state index contributed by atoms with van der Waals surface area (Å²) in [5.74, 6) is 0.120. The van der Waals surface area contributed by atoms with E-state index in [1.165, 1.54) is 0 Å². The van der Waals surface area contributed by atoms with Gasteiger partial charge in [-0.2, -0.15) is 0 Å². The van der Waals surface area contributed by atoms with Gasteiger partial charge in [0.1, 0.15) is 6.10 Å². The first-order chi connectivity index (χ1) is 11.5. The molecule has 0 heterocycles. The molecule has 0 amide bonds. The van der Waals surface area contributed by atoms with Crippen molar-refractivity contribution in [1.82, 2.24) is 0 Å². The van der Waals surface area contributed by atoms with E-state index >= 15 is 0 Å². The fourth-order valence-electron chi connectivity index (χ4n) is 2.40. The SMILES string of the molecule is CCC(OC(=O)CCCC(=O)OCCCC(C)C)c1ccccc1. The number of hydrogen-bond acceptors (Lipinski definition) is 4. The fraction of sp³-hybridized carbons (Fsp3) is 0.600. The number of benzene rings is 1. The van der Waals surface area contributed by atoms with Gasteiger partial charge in [-0.15, -0.1) is 0 Å². The first kappa shape index (κ1) is 20.2. The minimum absolute atomic E-state index is 0.221. The summed E-state index contributed by atoms with van der Waals surface area (Å²) in [6, 6.07) is 9.71. The Morgan fingerprint density at radius 2 is 1.67 bits per heavy atom. The molecule has 0 radical (unpaired) electrons. The number of esters is 2. The lowest BCUT2D eigenvalue weighted by atomic mass is 10.1. The Morgan fingerprint density at radius 1 is 1.00 bits per heavy atom. The van der Waals surface area contributed by atoms with Gasteiger partial charge in [0.05, 0.1) is 6.61 Å². The van der Waals surface area contributed by atoms with Crippen LogP contribution in [0.2, 0.25) is 0 Å². The molecule has 0 saturated heterocycles. The number of rotatable bonds is 11. The first-order valence-corrected chi connectivity index (χ1v) is 8.93. The molecule has 0 bridgehead atoms. The van der Waals surface area contributed by atoms with E-state index in [4.69, 9.17) is 9.47 Å². The van der Waals surface area contributed by atoms with Crippen molar-refractivity contribution in [3.05, 3.63) is 35.9 Å². The highest BCUT2D eigenvalue weighted by Crippen LogP contribution is 2.21. The summed E-state index contributed by atoms with van der Waals surface area (Å²) in [5, 5.41) is 0. The zero-order valence-electron chi connectivity index (χ0n) is 15.1. The van der Waals surface area contributed by atoms with Crippen molar-refractivity contribution in [1.29, 1.82) is 0 Å². The highest BCUT2D eigenvalue weighted by Gasteiger charge is 2.15. The van der Waals surface area contributed by atoms with E-state index in [-0.39, 0.29) is 30.9 Å². The molecular formula is C20H30O4. The van der Waals surface area contributed by atoms with Crippen LogP contribution in [0.4, 0.5) is 0 Å². The maximum atomic E-state index is 11.9. The van der Waals surface area contributed by atoms with Gasteiger partial charge in [-0.25, -0.2) is 0 Å². The number of carbonyl (C=O) groups excluding carboxylic acids is 2. The second-order valence-corrected chi connectivity index (χ2v) is 6.41. The Labute approximate surface area is 145 Å². The zero-order chi connectivity index (χ0) is 17.8. The molecule has 1 rings (SSSR count). The Balaban J connectivity index is 2.20. The molecule has 134 valence electrons. The molecule has 0 N–H and O–H groups in total. The Kier molecular flexibility index (Phi) is 9.81. The number of hydrogen-bond donors (Lipinski definition) is 0. The molecule has 4 heteroatoms. The van der Waals surface area contributed by atoms with Gasteiger partial charge >= 0.3 is 11.9 Å². The molecule has 4 nitrogen and oxygen atoms in total. The van der Waals surface area contributed by atoms with Gasteiger partial charge in [0.25, 0.3) is 0 Å². The Morgan fingerprint density at radius 3 is 2.29 bits per heavy atom. The summed E-state index contributed by atoms with van der Waals surface area (Å²) in [5.41, 5.74) is 0.998. The Hall–Kier alpha value is -1.84. The van der Waals surface area contributed by atoms with E-state index in [9.17, 15) is 9.59 Å². The van der Waals surface area contributed by atoms with Crippen molar-refractivity contribution >= 4 is 11.9 Å². The molecular weight excluding hydrogens is 304 g/mol. The van der Waals surface area contributed by atoms with Crippen LogP contribution in [0.1, 0.15) is 71.0 Å². The van der Waals surface area contributed by atoms with E-state index in [0.717, 1.165) is 24.8 Å². The second kappa shape index (κ2) is 11.7. The normalized spacial score (nSPS) is 12.0. The molecule has 1 unspecified atom stereocenters. The van der Waals surface area contributed by atoms with E-state index in [1.54, 1.807) is 0 Å². The number of carbonyl (C=O) groups is 2. The Bertz CT molecular complexity index is 482. The molecule has 0 aliphatic rings. The van der Waals surface area contributed by atoms with Gasteiger partial charge in [0, 0.05) is 12.8 Å². The summed E-state index contributed by atoms with van der Waals surface area (Å²) >= 11 is 0.